The van der Waals surface area contributed by atoms with Gasteiger partial charge in [0.2, 0.25) is 0 Å². The molecule has 0 saturated carbocycles. The summed E-state index contributed by atoms with van der Waals surface area (Å²) in [5.41, 5.74) is -0.599. The van der Waals surface area contributed by atoms with Crippen LogP contribution in [0, 0.1) is 0 Å². The molecule has 8 heteroatoms. The molecule has 27 heavy (non-hydrogen) atoms. The van der Waals surface area contributed by atoms with Crippen molar-refractivity contribution in [2.24, 2.45) is 5.10 Å². The first-order valence-electron chi connectivity index (χ1n) is 8.59. The molecular formula is C19H23N3O5. The lowest BCUT2D eigenvalue weighted by Gasteiger charge is -2.31. The number of amides is 1. The van der Waals surface area contributed by atoms with Gasteiger partial charge in [0.05, 0.1) is 25.0 Å². The molecule has 0 spiro atoms. The van der Waals surface area contributed by atoms with Gasteiger partial charge < -0.3 is 14.8 Å². The van der Waals surface area contributed by atoms with E-state index in [1.807, 2.05) is 6.07 Å². The third kappa shape index (κ3) is 3.99. The minimum absolute atomic E-state index is 0.111. The van der Waals surface area contributed by atoms with Gasteiger partial charge in [-0.25, -0.2) is 14.6 Å². The van der Waals surface area contributed by atoms with E-state index < -0.39 is 17.5 Å². The number of ether oxygens (including phenoxy) is 2. The smallest absolute Gasteiger partial charge is 0.354 e. The third-order valence-electron chi connectivity index (χ3n) is 4.03. The van der Waals surface area contributed by atoms with Gasteiger partial charge in [-0.15, -0.1) is 0 Å². The summed E-state index contributed by atoms with van der Waals surface area (Å²) in [7, 11) is 1.53. The van der Waals surface area contributed by atoms with Crippen molar-refractivity contribution in [3.8, 4) is 0 Å². The Morgan fingerprint density at radius 2 is 1.81 bits per heavy atom. The number of nitrogens with one attached hydrogen (secondary N) is 1. The van der Waals surface area contributed by atoms with Gasteiger partial charge in [0.15, 0.2) is 5.54 Å². The second-order valence-electron chi connectivity index (χ2n) is 5.79. The van der Waals surface area contributed by atoms with Gasteiger partial charge >= 0.3 is 11.9 Å². The van der Waals surface area contributed by atoms with E-state index in [4.69, 9.17) is 9.47 Å². The molecule has 2 rings (SSSR count). The molecule has 1 aromatic carbocycles. The van der Waals surface area contributed by atoms with Crippen LogP contribution in [-0.4, -0.2) is 48.8 Å². The number of nitrogens with zero attached hydrogens (tertiary/aromatic N) is 2. The molecule has 1 aromatic rings. The summed E-state index contributed by atoms with van der Waals surface area (Å²) in [4.78, 5) is 37.4. The molecule has 144 valence electrons. The minimum atomic E-state index is -1.43. The highest BCUT2D eigenvalue weighted by Gasteiger charge is 2.50. The molecular weight excluding hydrogens is 350 g/mol. The highest BCUT2D eigenvalue weighted by atomic mass is 16.5. The third-order valence-corrected chi connectivity index (χ3v) is 4.03. The minimum Gasteiger partial charge on any atom is -0.463 e. The average Bonchev–Trinajstić information content (AvgIpc) is 2.86. The number of esters is 2. The number of hydrogen-bond donors (Lipinski definition) is 1. The predicted molar refractivity (Wildman–Crippen MR) is 98.5 cm³/mol. The summed E-state index contributed by atoms with van der Waals surface area (Å²) < 4.78 is 9.92. The normalized spacial score (nSPS) is 19.6. The second kappa shape index (κ2) is 8.48. The Hall–Kier alpha value is -3.16. The van der Waals surface area contributed by atoms with Gasteiger partial charge in [-0.3, -0.25) is 4.79 Å². The van der Waals surface area contributed by atoms with Crippen molar-refractivity contribution in [2.45, 2.75) is 26.3 Å². The van der Waals surface area contributed by atoms with Crippen LogP contribution in [0.5, 0.6) is 0 Å². The van der Waals surface area contributed by atoms with E-state index in [1.165, 1.54) is 12.1 Å². The Balaban J connectivity index is 2.55. The molecule has 1 aliphatic heterocycles. The zero-order valence-electron chi connectivity index (χ0n) is 15.8. The number of hydrazone groups is 1. The fourth-order valence-electron chi connectivity index (χ4n) is 2.84. The van der Waals surface area contributed by atoms with Crippen LogP contribution in [0.2, 0.25) is 0 Å². The summed E-state index contributed by atoms with van der Waals surface area (Å²) in [6, 6.07) is 8.85. The Morgan fingerprint density at radius 3 is 2.33 bits per heavy atom. The summed E-state index contributed by atoms with van der Waals surface area (Å²) in [5, 5.41) is 8.33. The quantitative estimate of drug-likeness (QED) is 0.572. The van der Waals surface area contributed by atoms with Crippen molar-refractivity contribution in [2.75, 3.05) is 20.3 Å². The molecule has 1 amide bonds. The number of carbonyl (C=O) groups is 3. The van der Waals surface area contributed by atoms with Crippen molar-refractivity contribution in [3.63, 3.8) is 0 Å². The first-order valence-corrected chi connectivity index (χ1v) is 8.59. The molecule has 0 aliphatic carbocycles. The molecule has 1 N–H and O–H groups in total. The number of likely N-dealkylation sites (N-methyl/N-ethyl adjacent to an activating group) is 1. The van der Waals surface area contributed by atoms with Gasteiger partial charge in [-0.05, 0) is 26.3 Å². The van der Waals surface area contributed by atoms with Crippen LogP contribution in [0.1, 0.15) is 26.3 Å². The number of carbonyl (C=O) groups excluding carboxylic acids is 3. The number of hydrogen-bond acceptors (Lipinski definition) is 7. The molecule has 1 heterocycles. The van der Waals surface area contributed by atoms with Crippen molar-refractivity contribution in [3.05, 3.63) is 47.7 Å². The lowest BCUT2D eigenvalue weighted by Crippen LogP contribution is -2.54. The SMILES string of the molecule is CCOC(=O)/C=C(/NC1(c2ccccc2)C(=O)N(C)N=C1C)C(=O)OCC. The first kappa shape index (κ1) is 20.2. The monoisotopic (exact) mass is 373 g/mol. The highest BCUT2D eigenvalue weighted by Crippen LogP contribution is 2.31. The van der Waals surface area contributed by atoms with Crippen LogP contribution in [0.15, 0.2) is 47.2 Å². The lowest BCUT2D eigenvalue weighted by atomic mass is 9.85. The fourth-order valence-corrected chi connectivity index (χ4v) is 2.84. The Morgan fingerprint density at radius 1 is 1.19 bits per heavy atom. The van der Waals surface area contributed by atoms with Crippen molar-refractivity contribution >= 4 is 23.6 Å². The highest BCUT2D eigenvalue weighted by molar-refractivity contribution is 6.16. The van der Waals surface area contributed by atoms with Gasteiger partial charge in [-0.1, -0.05) is 30.3 Å². The van der Waals surface area contributed by atoms with E-state index in [0.717, 1.165) is 6.08 Å². The van der Waals surface area contributed by atoms with Crippen molar-refractivity contribution in [1.29, 1.82) is 0 Å². The van der Waals surface area contributed by atoms with Crippen LogP contribution in [-0.2, 0) is 29.4 Å². The molecule has 1 aliphatic rings. The van der Waals surface area contributed by atoms with E-state index in [1.54, 1.807) is 45.0 Å². The maximum absolute atomic E-state index is 13.0. The summed E-state index contributed by atoms with van der Waals surface area (Å²) >= 11 is 0. The van der Waals surface area contributed by atoms with Crippen molar-refractivity contribution in [1.82, 2.24) is 10.3 Å². The molecule has 0 saturated heterocycles. The van der Waals surface area contributed by atoms with E-state index in [9.17, 15) is 14.4 Å². The molecule has 0 radical (unpaired) electrons. The van der Waals surface area contributed by atoms with Crippen LogP contribution in [0.25, 0.3) is 0 Å². The molecule has 1 unspecified atom stereocenters. The molecule has 8 nitrogen and oxygen atoms in total. The van der Waals surface area contributed by atoms with Gasteiger partial charge in [-0.2, -0.15) is 5.10 Å². The number of rotatable bonds is 7. The molecule has 1 atom stereocenters. The first-order chi connectivity index (χ1) is 12.9. The number of benzene rings is 1. The zero-order valence-corrected chi connectivity index (χ0v) is 15.8. The van der Waals surface area contributed by atoms with Crippen LogP contribution < -0.4 is 5.32 Å². The van der Waals surface area contributed by atoms with Crippen LogP contribution >= 0.6 is 0 Å². The fraction of sp³-hybridized carbons (Fsp3) is 0.368. The van der Waals surface area contributed by atoms with Crippen LogP contribution in [0.4, 0.5) is 0 Å². The Kier molecular flexibility index (Phi) is 6.33. The van der Waals surface area contributed by atoms with E-state index in [0.29, 0.717) is 11.3 Å². The summed E-state index contributed by atoms with van der Waals surface area (Å²) in [6.45, 7) is 5.24. The lowest BCUT2D eigenvalue weighted by molar-refractivity contribution is -0.142. The predicted octanol–water partition coefficient (Wildman–Crippen LogP) is 1.33. The van der Waals surface area contributed by atoms with Crippen LogP contribution in [0.3, 0.4) is 0 Å². The molecule has 0 bridgehead atoms. The Labute approximate surface area is 157 Å². The summed E-state index contributed by atoms with van der Waals surface area (Å²) in [5.74, 6) is -1.87. The van der Waals surface area contributed by atoms with E-state index >= 15 is 0 Å². The largest absolute Gasteiger partial charge is 0.463 e. The molecule has 0 fully saturated rings. The maximum Gasteiger partial charge on any atom is 0.354 e. The molecule has 0 aromatic heterocycles. The summed E-state index contributed by atoms with van der Waals surface area (Å²) in [6.07, 6.45) is 0.991. The van der Waals surface area contributed by atoms with Crippen molar-refractivity contribution < 1.29 is 23.9 Å². The van der Waals surface area contributed by atoms with Gasteiger partial charge in [0.25, 0.3) is 5.91 Å². The second-order valence-corrected chi connectivity index (χ2v) is 5.79. The van der Waals surface area contributed by atoms with Gasteiger partial charge in [0, 0.05) is 7.05 Å². The topological polar surface area (TPSA) is 97.3 Å². The average molecular weight is 373 g/mol. The van der Waals surface area contributed by atoms with Gasteiger partial charge in [0.1, 0.15) is 5.70 Å². The Bertz CT molecular complexity index is 788. The van der Waals surface area contributed by atoms with E-state index in [2.05, 4.69) is 10.4 Å². The van der Waals surface area contributed by atoms with E-state index in [-0.39, 0.29) is 24.8 Å². The maximum atomic E-state index is 13.0. The zero-order chi connectivity index (χ0) is 20.0. The standard InChI is InChI=1S/C19H23N3O5/c1-5-26-16(23)12-15(17(24)27-6-2)20-19(14-10-8-7-9-11-14)13(3)21-22(4)18(19)25/h7-12,20H,5-6H2,1-4H3/b15-12+.